The highest BCUT2D eigenvalue weighted by atomic mass is 32.1. The van der Waals surface area contributed by atoms with E-state index in [-0.39, 0.29) is 5.11 Å². The molecule has 0 aromatic carbocycles. The molecule has 1 heterocycles. The van der Waals surface area contributed by atoms with Crippen LogP contribution in [0.4, 0.5) is 0 Å². The summed E-state index contributed by atoms with van der Waals surface area (Å²) in [5.74, 6) is 0. The first-order valence-electron chi connectivity index (χ1n) is 1.48. The lowest BCUT2D eigenvalue weighted by Gasteiger charge is -1.75. The summed E-state index contributed by atoms with van der Waals surface area (Å²) in [7, 11) is 0. The largest absolute Gasteiger partial charge is 0.408 e. The van der Waals surface area contributed by atoms with Crippen LogP contribution in [0.25, 0.3) is 0 Å². The van der Waals surface area contributed by atoms with Gasteiger partial charge < -0.3 is 0 Å². The number of nitrogens with one attached hydrogen (secondary N) is 1. The van der Waals surface area contributed by atoms with Crippen LogP contribution >= 0.6 is 12.2 Å². The number of thiocarbonyl (C=S) groups is 1. The minimum absolute atomic E-state index is 0.287. The molecule has 0 radical (unpaired) electrons. The van der Waals surface area contributed by atoms with E-state index in [0.29, 0.717) is 0 Å². The van der Waals surface area contributed by atoms with E-state index in [9.17, 15) is 0 Å². The Hall–Kier alpha value is -0.490. The van der Waals surface area contributed by atoms with E-state index < -0.39 is 0 Å². The molecule has 7 heavy (non-hydrogen) atoms. The maximum atomic E-state index is 4.54. The van der Waals surface area contributed by atoms with Gasteiger partial charge in [0, 0.05) is 12.2 Å². The number of hydrogen-bond acceptors (Lipinski definition) is 3. The third-order valence-corrected chi connectivity index (χ3v) is 1.08. The third kappa shape index (κ3) is 0.751. The molecule has 1 N–H and O–H groups in total. The second-order valence-electron chi connectivity index (χ2n) is 0.877. The first-order chi connectivity index (χ1) is 3.30. The zero-order valence-electron chi connectivity index (χ0n) is 3.16. The van der Waals surface area contributed by atoms with Crippen LogP contribution in [0.15, 0.2) is 10.3 Å². The Kier molecular flexibility index (Phi) is 1.03. The van der Waals surface area contributed by atoms with Crippen LogP contribution in [0.1, 0.15) is 0 Å². The fraction of sp³-hybridized carbons (Fsp3) is 0. The zero-order chi connectivity index (χ0) is 5.28. The molecule has 0 unspecified atom stereocenters. The summed E-state index contributed by atoms with van der Waals surface area (Å²) >= 11 is 9.06. The van der Waals surface area contributed by atoms with Gasteiger partial charge in [-0.15, -0.1) is 0 Å². The molecule has 0 fully saturated rings. The Balaban J connectivity index is 2.81. The summed E-state index contributed by atoms with van der Waals surface area (Å²) in [6.07, 6.45) is 0. The Bertz CT molecular complexity index is 148. The Labute approximate surface area is 50.3 Å². The lowest BCUT2D eigenvalue weighted by Crippen LogP contribution is -2.17. The second-order valence-corrected chi connectivity index (χ2v) is 1.61. The maximum absolute atomic E-state index is 4.54. The van der Waals surface area contributed by atoms with Gasteiger partial charge in [-0.25, -0.2) is 0 Å². The van der Waals surface area contributed by atoms with Crippen LogP contribution in [-0.4, -0.2) is 9.17 Å². The molecule has 0 atom stereocenters. The quantitative estimate of drug-likeness (QED) is 0.370. The minimum atomic E-state index is 0.287. The minimum Gasteiger partial charge on any atom is -0.0549 e. The smallest absolute Gasteiger partial charge is 0.0549 e. The van der Waals surface area contributed by atoms with Crippen molar-refractivity contribution in [2.24, 2.45) is 10.3 Å². The first kappa shape index (κ1) is 4.66. The number of hydrazine groups is 1. The van der Waals surface area contributed by atoms with E-state index in [4.69, 9.17) is 0 Å². The molecular formula is CHN4S2+. The first-order valence-corrected chi connectivity index (χ1v) is 2.25. The Morgan fingerprint density at radius 1 is 1.71 bits per heavy atom. The predicted molar refractivity (Wildman–Crippen MR) is 28.2 cm³/mol. The molecule has 0 saturated heterocycles. The molecule has 0 spiro atoms. The van der Waals surface area contributed by atoms with Crippen molar-refractivity contribution in [3.63, 3.8) is 0 Å². The molecule has 6 heteroatoms. The van der Waals surface area contributed by atoms with E-state index >= 15 is 0 Å². The van der Waals surface area contributed by atoms with Crippen molar-refractivity contribution >= 4 is 29.8 Å². The summed E-state index contributed by atoms with van der Waals surface area (Å²) in [6.45, 7) is 0. The molecule has 0 aromatic heterocycles. The molecule has 0 bridgehead atoms. The Morgan fingerprint density at radius 3 is 2.57 bits per heavy atom. The molecule has 0 aromatic rings. The summed E-state index contributed by atoms with van der Waals surface area (Å²) in [5.41, 5.74) is 2.33. The van der Waals surface area contributed by atoms with Crippen molar-refractivity contribution in [3.8, 4) is 0 Å². The van der Waals surface area contributed by atoms with Crippen LogP contribution in [0.3, 0.4) is 0 Å². The molecule has 1 rings (SSSR count). The van der Waals surface area contributed by atoms with Crippen molar-refractivity contribution in [1.82, 2.24) is 5.53 Å². The lowest BCUT2D eigenvalue weighted by molar-refractivity contribution is -0.434. The monoisotopic (exact) mass is 133 g/mol. The summed E-state index contributed by atoms with van der Waals surface area (Å²) < 4.78 is 1.13. The molecule has 1 aliphatic rings. The average Bonchev–Trinajstić information content (AvgIpc) is 1.91. The van der Waals surface area contributed by atoms with Gasteiger partial charge >= 0.3 is 5.11 Å². The third-order valence-electron chi connectivity index (χ3n) is 0.445. The number of nitrogens with zero attached hydrogens (tertiary/aromatic N) is 3. The van der Waals surface area contributed by atoms with Crippen molar-refractivity contribution in [2.45, 2.75) is 0 Å². The van der Waals surface area contributed by atoms with Gasteiger partial charge in [0.15, 0.2) is 5.22 Å². The van der Waals surface area contributed by atoms with Crippen molar-refractivity contribution < 1.29 is 4.05 Å². The molecule has 4 nitrogen and oxygen atoms in total. The summed E-state index contributed by atoms with van der Waals surface area (Å²) in [4.78, 5) is 0. The zero-order valence-corrected chi connectivity index (χ0v) is 4.79. The summed E-state index contributed by atoms with van der Waals surface area (Å²) in [5, 5.41) is 6.97. The van der Waals surface area contributed by atoms with Crippen LogP contribution in [0.5, 0.6) is 0 Å². The fourth-order valence-corrected chi connectivity index (χ4v) is 0.344. The Morgan fingerprint density at radius 2 is 2.43 bits per heavy atom. The van der Waals surface area contributed by atoms with Crippen LogP contribution < -0.4 is 5.53 Å². The maximum Gasteiger partial charge on any atom is 0.408 e. The van der Waals surface area contributed by atoms with Gasteiger partial charge in [-0.05, 0) is 4.05 Å². The predicted octanol–water partition coefficient (Wildman–Crippen LogP) is -0.100. The highest BCUT2D eigenvalue weighted by Crippen LogP contribution is 1.87. The van der Waals surface area contributed by atoms with E-state index in [1.165, 1.54) is 0 Å². The van der Waals surface area contributed by atoms with Gasteiger partial charge in [0.05, 0.1) is 0 Å². The van der Waals surface area contributed by atoms with Crippen molar-refractivity contribution in [1.29, 1.82) is 0 Å². The van der Waals surface area contributed by atoms with E-state index in [1.807, 2.05) is 0 Å². The molecule has 0 saturated carbocycles. The van der Waals surface area contributed by atoms with E-state index in [0.717, 1.165) is 4.05 Å². The van der Waals surface area contributed by atoms with Crippen LogP contribution in [-0.2, 0) is 12.4 Å². The van der Waals surface area contributed by atoms with Gasteiger partial charge in [-0.3, -0.25) is 0 Å². The number of rotatable bonds is 0. The SMILES string of the molecule is S=C1N=NN[N+]1=S. The van der Waals surface area contributed by atoms with Crippen LogP contribution in [0.2, 0.25) is 0 Å². The molecule has 0 amide bonds. The molecule has 1 aliphatic heterocycles. The highest BCUT2D eigenvalue weighted by Gasteiger charge is 2.16. The van der Waals surface area contributed by atoms with Gasteiger partial charge in [0.25, 0.3) is 0 Å². The normalized spacial score (nSPS) is 17.7. The average molecular weight is 133 g/mol. The fourth-order valence-electron chi connectivity index (χ4n) is 0.189. The van der Waals surface area contributed by atoms with Crippen LogP contribution in [0, 0.1) is 0 Å². The van der Waals surface area contributed by atoms with E-state index in [1.54, 1.807) is 0 Å². The van der Waals surface area contributed by atoms with Gasteiger partial charge in [0.2, 0.25) is 0 Å². The van der Waals surface area contributed by atoms with Gasteiger partial charge in [0.1, 0.15) is 17.5 Å². The van der Waals surface area contributed by atoms with Gasteiger partial charge in [-0.2, -0.15) is 0 Å². The second kappa shape index (κ2) is 1.55. The van der Waals surface area contributed by atoms with E-state index in [2.05, 4.69) is 40.5 Å². The van der Waals surface area contributed by atoms with Crippen molar-refractivity contribution in [3.05, 3.63) is 0 Å². The van der Waals surface area contributed by atoms with Crippen molar-refractivity contribution in [2.75, 3.05) is 0 Å². The topological polar surface area (TPSA) is 39.8 Å². The lowest BCUT2D eigenvalue weighted by atomic mass is 11.2. The number of hydrogen-bond donors (Lipinski definition) is 1. The summed E-state index contributed by atoms with van der Waals surface area (Å²) in [6, 6.07) is 0. The molecular weight excluding hydrogens is 132 g/mol. The molecule has 36 valence electrons. The highest BCUT2D eigenvalue weighted by molar-refractivity contribution is 7.80. The van der Waals surface area contributed by atoms with Gasteiger partial charge in [-0.1, -0.05) is 5.53 Å². The molecule has 0 aliphatic carbocycles. The standard InChI is InChI=1S/CN4S2/c6-1-2-3-4-5(1)7/p+1.